The van der Waals surface area contributed by atoms with Gasteiger partial charge >= 0.3 is 0 Å². The number of hydrogen-bond acceptors (Lipinski definition) is 4. The van der Waals surface area contributed by atoms with E-state index in [1.807, 2.05) is 0 Å². The molecule has 0 aliphatic rings. The normalized spacial score (nSPS) is 11.5. The molecular weight excluding hydrogens is 322 g/mol. The Bertz CT molecular complexity index is 819. The third kappa shape index (κ3) is 4.41. The summed E-state index contributed by atoms with van der Waals surface area (Å²) in [5.74, 6) is -0.464. The number of nitro groups is 1. The van der Waals surface area contributed by atoms with E-state index in [4.69, 9.17) is 0 Å². The highest BCUT2D eigenvalue weighted by molar-refractivity contribution is 5.96. The average molecular weight is 341 g/mol. The Morgan fingerprint density at radius 2 is 1.84 bits per heavy atom. The molecule has 0 fully saturated rings. The number of non-ortho nitro benzene ring substituents is 1. The maximum Gasteiger partial charge on any atom is 0.269 e. The highest BCUT2D eigenvalue weighted by Crippen LogP contribution is 2.24. The Labute approximate surface area is 145 Å². The minimum absolute atomic E-state index is 0.0159. The second-order valence-corrected chi connectivity index (χ2v) is 5.71. The maximum atomic E-state index is 12.7. The first-order valence-corrected chi connectivity index (χ1v) is 7.68. The van der Waals surface area contributed by atoms with E-state index < -0.39 is 4.92 Å². The molecule has 1 unspecified atom stereocenters. The zero-order chi connectivity index (χ0) is 18.6. The van der Waals surface area contributed by atoms with Crippen molar-refractivity contribution in [1.82, 2.24) is 4.90 Å². The van der Waals surface area contributed by atoms with Crippen LogP contribution in [0.5, 0.6) is 0 Å². The van der Waals surface area contributed by atoms with Gasteiger partial charge in [0.05, 0.1) is 11.0 Å². The number of rotatable bonds is 5. The summed E-state index contributed by atoms with van der Waals surface area (Å²) in [5.41, 5.74) is 1.61. The van der Waals surface area contributed by atoms with Gasteiger partial charge in [-0.2, -0.15) is 0 Å². The van der Waals surface area contributed by atoms with Gasteiger partial charge in [0, 0.05) is 37.4 Å². The molecule has 7 heteroatoms. The number of carbonyl (C=O) groups excluding carboxylic acids is 2. The van der Waals surface area contributed by atoms with Crippen LogP contribution in [0.4, 0.5) is 11.4 Å². The van der Waals surface area contributed by atoms with Gasteiger partial charge in [-0.1, -0.05) is 18.2 Å². The number of anilines is 1. The summed E-state index contributed by atoms with van der Waals surface area (Å²) in [4.78, 5) is 35.8. The predicted octanol–water partition coefficient (Wildman–Crippen LogP) is 3.39. The Morgan fingerprint density at radius 3 is 2.48 bits per heavy atom. The van der Waals surface area contributed by atoms with Crippen LogP contribution in [0.2, 0.25) is 0 Å². The second-order valence-electron chi connectivity index (χ2n) is 5.71. The van der Waals surface area contributed by atoms with E-state index in [-0.39, 0.29) is 23.5 Å². The lowest BCUT2D eigenvalue weighted by Gasteiger charge is -2.25. The molecule has 2 rings (SSSR count). The van der Waals surface area contributed by atoms with Gasteiger partial charge < -0.3 is 10.2 Å². The first-order chi connectivity index (χ1) is 11.8. The van der Waals surface area contributed by atoms with E-state index >= 15 is 0 Å². The molecule has 0 saturated heterocycles. The molecular formula is C18H19N3O4. The van der Waals surface area contributed by atoms with Gasteiger partial charge in [-0.15, -0.1) is 0 Å². The zero-order valence-electron chi connectivity index (χ0n) is 14.2. The molecule has 0 aliphatic carbocycles. The van der Waals surface area contributed by atoms with Gasteiger partial charge in [-0.05, 0) is 30.7 Å². The topological polar surface area (TPSA) is 92.6 Å². The second kappa shape index (κ2) is 7.57. The first kappa shape index (κ1) is 18.1. The van der Waals surface area contributed by atoms with Gasteiger partial charge in [0.25, 0.3) is 11.6 Å². The third-order valence-electron chi connectivity index (χ3n) is 3.89. The highest BCUT2D eigenvalue weighted by Gasteiger charge is 2.20. The zero-order valence-corrected chi connectivity index (χ0v) is 14.2. The average Bonchev–Trinajstić information content (AvgIpc) is 2.59. The summed E-state index contributed by atoms with van der Waals surface area (Å²) in [7, 11) is 1.64. The molecule has 130 valence electrons. The molecule has 0 saturated carbocycles. The fraction of sp³-hybridized carbons (Fsp3) is 0.222. The Morgan fingerprint density at radius 1 is 1.16 bits per heavy atom. The number of benzene rings is 2. The van der Waals surface area contributed by atoms with Crippen molar-refractivity contribution in [1.29, 1.82) is 0 Å². The predicted molar refractivity (Wildman–Crippen MR) is 94.4 cm³/mol. The van der Waals surface area contributed by atoms with Crippen molar-refractivity contribution >= 4 is 23.2 Å². The smallest absolute Gasteiger partial charge is 0.269 e. The van der Waals surface area contributed by atoms with Crippen LogP contribution in [0, 0.1) is 10.1 Å². The lowest BCUT2D eigenvalue weighted by Crippen LogP contribution is -2.29. The molecule has 0 aromatic heterocycles. The molecule has 2 aromatic rings. The Kier molecular flexibility index (Phi) is 5.49. The van der Waals surface area contributed by atoms with E-state index in [2.05, 4.69) is 5.32 Å². The van der Waals surface area contributed by atoms with Crippen LogP contribution in [0.3, 0.4) is 0 Å². The lowest BCUT2D eigenvalue weighted by molar-refractivity contribution is -0.384. The van der Waals surface area contributed by atoms with Crippen molar-refractivity contribution < 1.29 is 14.5 Å². The lowest BCUT2D eigenvalue weighted by atomic mass is 10.1. The van der Waals surface area contributed by atoms with Crippen molar-refractivity contribution in [2.24, 2.45) is 0 Å². The standard InChI is InChI=1S/C18H19N3O4/c1-12(14-6-5-9-17(11-14)21(24)25)20(3)18(23)15-7-4-8-16(10-15)19-13(2)22/h4-12H,1-3H3,(H,19,22). The highest BCUT2D eigenvalue weighted by atomic mass is 16.6. The van der Waals surface area contributed by atoms with Crippen LogP contribution in [0.25, 0.3) is 0 Å². The summed E-state index contributed by atoms with van der Waals surface area (Å²) < 4.78 is 0. The van der Waals surface area contributed by atoms with Gasteiger partial charge in [-0.25, -0.2) is 0 Å². The number of nitro benzene ring substituents is 1. The SMILES string of the molecule is CC(=O)Nc1cccc(C(=O)N(C)C(C)c2cccc([N+](=O)[O-])c2)c1. The maximum absolute atomic E-state index is 12.7. The van der Waals surface area contributed by atoms with E-state index in [0.717, 1.165) is 0 Å². The Hall–Kier alpha value is -3.22. The molecule has 2 aromatic carbocycles. The fourth-order valence-electron chi connectivity index (χ4n) is 2.43. The summed E-state index contributed by atoms with van der Waals surface area (Å²) >= 11 is 0. The van der Waals surface area contributed by atoms with Crippen LogP contribution in [-0.4, -0.2) is 28.7 Å². The Balaban J connectivity index is 2.23. The molecule has 25 heavy (non-hydrogen) atoms. The minimum Gasteiger partial charge on any atom is -0.335 e. The largest absolute Gasteiger partial charge is 0.335 e. The number of hydrogen-bond donors (Lipinski definition) is 1. The number of nitrogens with one attached hydrogen (secondary N) is 1. The van der Waals surface area contributed by atoms with Crippen LogP contribution in [0.15, 0.2) is 48.5 Å². The quantitative estimate of drug-likeness (QED) is 0.666. The van der Waals surface area contributed by atoms with Crippen molar-refractivity contribution in [3.05, 3.63) is 69.8 Å². The number of carbonyl (C=O) groups is 2. The fourth-order valence-corrected chi connectivity index (χ4v) is 2.43. The van der Waals surface area contributed by atoms with Gasteiger partial charge in [0.2, 0.25) is 5.91 Å². The summed E-state index contributed by atoms with van der Waals surface area (Å²) in [6.07, 6.45) is 0. The van der Waals surface area contributed by atoms with Crippen molar-refractivity contribution in [2.45, 2.75) is 19.9 Å². The van der Waals surface area contributed by atoms with E-state index in [1.165, 1.54) is 24.0 Å². The van der Waals surface area contributed by atoms with Gasteiger partial charge in [0.15, 0.2) is 0 Å². The summed E-state index contributed by atoms with van der Waals surface area (Å²) in [6, 6.07) is 12.5. The molecule has 1 atom stereocenters. The molecule has 2 amide bonds. The van der Waals surface area contributed by atoms with Crippen molar-refractivity contribution in [3.63, 3.8) is 0 Å². The summed E-state index contributed by atoms with van der Waals surface area (Å²) in [6.45, 7) is 3.19. The molecule has 0 heterocycles. The van der Waals surface area contributed by atoms with Crippen LogP contribution in [0.1, 0.15) is 35.8 Å². The monoisotopic (exact) mass is 341 g/mol. The molecule has 0 bridgehead atoms. The molecule has 1 N–H and O–H groups in total. The molecule has 0 aliphatic heterocycles. The minimum atomic E-state index is -0.463. The summed E-state index contributed by atoms with van der Waals surface area (Å²) in [5, 5.41) is 13.6. The number of amides is 2. The van der Waals surface area contributed by atoms with E-state index in [9.17, 15) is 19.7 Å². The van der Waals surface area contributed by atoms with Crippen LogP contribution < -0.4 is 5.32 Å². The van der Waals surface area contributed by atoms with Crippen LogP contribution >= 0.6 is 0 Å². The first-order valence-electron chi connectivity index (χ1n) is 7.68. The van der Waals surface area contributed by atoms with Crippen LogP contribution in [-0.2, 0) is 4.79 Å². The third-order valence-corrected chi connectivity index (χ3v) is 3.89. The number of nitrogens with zero attached hydrogens (tertiary/aromatic N) is 2. The molecule has 0 spiro atoms. The van der Waals surface area contributed by atoms with Crippen molar-refractivity contribution in [3.8, 4) is 0 Å². The van der Waals surface area contributed by atoms with Crippen molar-refractivity contribution in [2.75, 3.05) is 12.4 Å². The van der Waals surface area contributed by atoms with Gasteiger partial charge in [-0.3, -0.25) is 19.7 Å². The molecule has 7 nitrogen and oxygen atoms in total. The van der Waals surface area contributed by atoms with Gasteiger partial charge in [0.1, 0.15) is 0 Å². The molecule has 0 radical (unpaired) electrons. The van der Waals surface area contributed by atoms with E-state index in [0.29, 0.717) is 16.8 Å². The van der Waals surface area contributed by atoms with E-state index in [1.54, 1.807) is 50.4 Å².